The molecule has 0 heterocycles. The molecule has 0 heteroatoms. The molecule has 2 aliphatic carbocycles. The smallest absolute Gasteiger partial charge is 0.0218 e. The Kier molecular flexibility index (Phi) is 5.78. The average Bonchev–Trinajstić information content (AvgIpc) is 2.46. The molecule has 0 bridgehead atoms. The summed E-state index contributed by atoms with van der Waals surface area (Å²) in [6.07, 6.45) is 18.1. The Morgan fingerprint density at radius 2 is 1.21 bits per heavy atom. The monoisotopic (exact) mass is 264 g/mol. The van der Waals surface area contributed by atoms with E-state index in [9.17, 15) is 0 Å². The van der Waals surface area contributed by atoms with Crippen molar-refractivity contribution in [1.29, 1.82) is 0 Å². The van der Waals surface area contributed by atoms with Gasteiger partial charge < -0.3 is 0 Å². The van der Waals surface area contributed by atoms with E-state index in [1.807, 2.05) is 0 Å². The highest BCUT2D eigenvalue weighted by molar-refractivity contribution is 4.96. The minimum Gasteiger partial charge on any atom is -0.0654 e. The van der Waals surface area contributed by atoms with Gasteiger partial charge in [-0.2, -0.15) is 0 Å². The Bertz CT molecular complexity index is 223. The fraction of sp³-hybridized carbons (Fsp3) is 1.00. The van der Waals surface area contributed by atoms with Gasteiger partial charge >= 0.3 is 0 Å². The zero-order valence-electron chi connectivity index (χ0n) is 13.7. The van der Waals surface area contributed by atoms with E-state index in [4.69, 9.17) is 0 Å². The van der Waals surface area contributed by atoms with Gasteiger partial charge in [-0.1, -0.05) is 65.7 Å². The molecule has 0 saturated heterocycles. The number of hydrogen-bond acceptors (Lipinski definition) is 0. The summed E-state index contributed by atoms with van der Waals surface area (Å²) < 4.78 is 0. The average molecular weight is 264 g/mol. The van der Waals surface area contributed by atoms with Crippen LogP contribution in [0.3, 0.4) is 0 Å². The highest BCUT2D eigenvalue weighted by Gasteiger charge is 2.46. The maximum Gasteiger partial charge on any atom is -0.0218 e. The molecular weight excluding hydrogens is 228 g/mol. The van der Waals surface area contributed by atoms with Crippen LogP contribution in [0, 0.1) is 23.2 Å². The third kappa shape index (κ3) is 3.19. The van der Waals surface area contributed by atoms with E-state index in [2.05, 4.69) is 20.8 Å². The molecule has 2 fully saturated rings. The van der Waals surface area contributed by atoms with Gasteiger partial charge in [0.05, 0.1) is 0 Å². The van der Waals surface area contributed by atoms with Crippen LogP contribution in [-0.4, -0.2) is 0 Å². The van der Waals surface area contributed by atoms with Crippen LogP contribution in [0.25, 0.3) is 0 Å². The van der Waals surface area contributed by atoms with E-state index in [0.717, 1.165) is 17.8 Å². The lowest BCUT2D eigenvalue weighted by Crippen LogP contribution is -2.44. The van der Waals surface area contributed by atoms with E-state index < -0.39 is 0 Å². The standard InChI is InChI=1S/C19H36/c1-4-15-19(16(2)3,17-11-7-5-8-12-17)18-13-9-6-10-14-18/h16-18H,4-15H2,1-3H3. The van der Waals surface area contributed by atoms with Crippen LogP contribution < -0.4 is 0 Å². The molecule has 0 aliphatic heterocycles. The minimum absolute atomic E-state index is 0.690. The molecule has 0 amide bonds. The first-order valence-corrected chi connectivity index (χ1v) is 9.21. The topological polar surface area (TPSA) is 0 Å². The summed E-state index contributed by atoms with van der Waals surface area (Å²) in [5.41, 5.74) is 0.690. The van der Waals surface area contributed by atoms with Crippen LogP contribution in [0.5, 0.6) is 0 Å². The Labute approximate surface area is 121 Å². The van der Waals surface area contributed by atoms with Crippen molar-refractivity contribution in [2.75, 3.05) is 0 Å². The van der Waals surface area contributed by atoms with E-state index in [1.165, 1.54) is 77.0 Å². The van der Waals surface area contributed by atoms with Crippen molar-refractivity contribution in [2.45, 2.75) is 97.8 Å². The number of rotatable bonds is 5. The van der Waals surface area contributed by atoms with E-state index in [-0.39, 0.29) is 0 Å². The number of hydrogen-bond donors (Lipinski definition) is 0. The predicted molar refractivity (Wildman–Crippen MR) is 85.3 cm³/mol. The van der Waals surface area contributed by atoms with Gasteiger partial charge in [0.15, 0.2) is 0 Å². The first-order chi connectivity index (χ1) is 9.21. The van der Waals surface area contributed by atoms with Gasteiger partial charge in [-0.15, -0.1) is 0 Å². The Morgan fingerprint density at radius 3 is 1.53 bits per heavy atom. The largest absolute Gasteiger partial charge is 0.0654 e. The summed E-state index contributed by atoms with van der Waals surface area (Å²) >= 11 is 0. The summed E-state index contributed by atoms with van der Waals surface area (Å²) in [4.78, 5) is 0. The molecule has 0 nitrogen and oxygen atoms in total. The molecule has 2 aliphatic rings. The van der Waals surface area contributed by atoms with Crippen molar-refractivity contribution in [1.82, 2.24) is 0 Å². The van der Waals surface area contributed by atoms with Crippen LogP contribution in [0.4, 0.5) is 0 Å². The van der Waals surface area contributed by atoms with Crippen molar-refractivity contribution in [3.05, 3.63) is 0 Å². The minimum atomic E-state index is 0.690. The van der Waals surface area contributed by atoms with Gasteiger partial charge in [0.25, 0.3) is 0 Å². The third-order valence-electron chi connectivity index (χ3n) is 6.49. The molecule has 0 atom stereocenters. The van der Waals surface area contributed by atoms with E-state index in [1.54, 1.807) is 0 Å². The zero-order chi connectivity index (χ0) is 13.7. The lowest BCUT2D eigenvalue weighted by Gasteiger charge is -2.52. The van der Waals surface area contributed by atoms with Crippen LogP contribution in [-0.2, 0) is 0 Å². The van der Waals surface area contributed by atoms with Crippen molar-refractivity contribution in [3.63, 3.8) is 0 Å². The Morgan fingerprint density at radius 1 is 0.789 bits per heavy atom. The molecule has 2 rings (SSSR count). The van der Waals surface area contributed by atoms with Gasteiger partial charge in [-0.05, 0) is 55.3 Å². The van der Waals surface area contributed by atoms with E-state index in [0.29, 0.717) is 5.41 Å². The molecule has 112 valence electrons. The fourth-order valence-corrected chi connectivity index (χ4v) is 5.69. The molecule has 0 aromatic carbocycles. The summed E-state index contributed by atoms with van der Waals surface area (Å²) in [6.45, 7) is 7.50. The second-order valence-corrected chi connectivity index (χ2v) is 7.69. The van der Waals surface area contributed by atoms with Crippen LogP contribution in [0.2, 0.25) is 0 Å². The van der Waals surface area contributed by atoms with Gasteiger partial charge in [-0.25, -0.2) is 0 Å². The lowest BCUT2D eigenvalue weighted by atomic mass is 9.52. The molecule has 0 unspecified atom stereocenters. The van der Waals surface area contributed by atoms with Gasteiger partial charge in [0, 0.05) is 0 Å². The van der Waals surface area contributed by atoms with Gasteiger partial charge in [0.1, 0.15) is 0 Å². The molecule has 19 heavy (non-hydrogen) atoms. The van der Waals surface area contributed by atoms with Crippen molar-refractivity contribution < 1.29 is 0 Å². The van der Waals surface area contributed by atoms with Gasteiger partial charge in [0.2, 0.25) is 0 Å². The summed E-state index contributed by atoms with van der Waals surface area (Å²) in [5.74, 6) is 2.98. The fourth-order valence-electron chi connectivity index (χ4n) is 5.69. The first kappa shape index (κ1) is 15.4. The van der Waals surface area contributed by atoms with Crippen molar-refractivity contribution >= 4 is 0 Å². The maximum atomic E-state index is 2.54. The van der Waals surface area contributed by atoms with E-state index >= 15 is 0 Å². The summed E-state index contributed by atoms with van der Waals surface area (Å²) in [6, 6.07) is 0. The molecule has 2 saturated carbocycles. The van der Waals surface area contributed by atoms with Gasteiger partial charge in [-0.3, -0.25) is 0 Å². The molecule has 0 aromatic rings. The van der Waals surface area contributed by atoms with Crippen LogP contribution in [0.1, 0.15) is 97.8 Å². The SMILES string of the molecule is CCCC(C(C)C)(C1CCCCC1)C1CCCCC1. The van der Waals surface area contributed by atoms with Crippen molar-refractivity contribution in [3.8, 4) is 0 Å². The highest BCUT2D eigenvalue weighted by atomic mass is 14.5. The second kappa shape index (κ2) is 7.14. The Hall–Kier alpha value is 0. The lowest BCUT2D eigenvalue weighted by molar-refractivity contribution is -0.0301. The molecule has 0 N–H and O–H groups in total. The van der Waals surface area contributed by atoms with Crippen LogP contribution >= 0.6 is 0 Å². The Balaban J connectivity index is 2.22. The quantitative estimate of drug-likeness (QED) is 0.525. The molecular formula is C19H36. The maximum absolute atomic E-state index is 2.54. The third-order valence-corrected chi connectivity index (χ3v) is 6.49. The summed E-state index contributed by atoms with van der Waals surface area (Å²) in [5, 5.41) is 0. The zero-order valence-corrected chi connectivity index (χ0v) is 13.7. The predicted octanol–water partition coefficient (Wildman–Crippen LogP) is 6.59. The summed E-state index contributed by atoms with van der Waals surface area (Å²) in [7, 11) is 0. The van der Waals surface area contributed by atoms with Crippen molar-refractivity contribution in [2.24, 2.45) is 23.2 Å². The molecule has 0 spiro atoms. The second-order valence-electron chi connectivity index (χ2n) is 7.69. The molecule has 0 aromatic heterocycles. The normalized spacial score (nSPS) is 24.0. The highest BCUT2D eigenvalue weighted by Crippen LogP contribution is 2.55. The van der Waals surface area contributed by atoms with Crippen LogP contribution in [0.15, 0.2) is 0 Å². The molecule has 0 radical (unpaired) electrons. The first-order valence-electron chi connectivity index (χ1n) is 9.21.